The highest BCUT2D eigenvalue weighted by Crippen LogP contribution is 2.33. The predicted molar refractivity (Wildman–Crippen MR) is 54.7 cm³/mol. The molecule has 88 valence electrons. The highest BCUT2D eigenvalue weighted by Gasteiger charge is 2.49. The Kier molecular flexibility index (Phi) is 3.38. The van der Waals surface area contributed by atoms with Gasteiger partial charge >= 0.3 is 5.97 Å². The van der Waals surface area contributed by atoms with Crippen molar-refractivity contribution in [2.75, 3.05) is 27.3 Å². The van der Waals surface area contributed by atoms with Gasteiger partial charge in [-0.3, -0.25) is 9.69 Å². The maximum atomic E-state index is 10.7. The fourth-order valence-electron chi connectivity index (χ4n) is 1.79. The van der Waals surface area contributed by atoms with E-state index < -0.39 is 11.8 Å². The van der Waals surface area contributed by atoms with Gasteiger partial charge in [0.2, 0.25) is 0 Å². The molecule has 1 N–H and O–H groups in total. The third kappa shape index (κ3) is 2.48. The number of hydrogen-bond donors (Lipinski definition) is 1. The summed E-state index contributed by atoms with van der Waals surface area (Å²) >= 11 is 0. The van der Waals surface area contributed by atoms with Crippen molar-refractivity contribution < 1.29 is 19.4 Å². The summed E-state index contributed by atoms with van der Waals surface area (Å²) < 4.78 is 10.5. The molecule has 1 saturated heterocycles. The summed E-state index contributed by atoms with van der Waals surface area (Å²) in [4.78, 5) is 12.7. The highest BCUT2D eigenvalue weighted by atomic mass is 16.7. The third-order valence-electron chi connectivity index (χ3n) is 3.05. The smallest absolute Gasteiger partial charge is 0.305 e. The number of aliphatic carboxylic acids is 1. The van der Waals surface area contributed by atoms with E-state index in [0.717, 1.165) is 0 Å². The zero-order valence-electron chi connectivity index (χ0n) is 9.74. The van der Waals surface area contributed by atoms with Gasteiger partial charge in [0.1, 0.15) is 0 Å². The molecular weight excluding hydrogens is 198 g/mol. The Morgan fingerprint density at radius 2 is 1.87 bits per heavy atom. The maximum absolute atomic E-state index is 10.7. The van der Waals surface area contributed by atoms with Gasteiger partial charge in [0.25, 0.3) is 0 Å². The molecular formula is C10H19NO4. The lowest BCUT2D eigenvalue weighted by atomic mass is 9.91. The van der Waals surface area contributed by atoms with Crippen molar-refractivity contribution in [2.24, 2.45) is 0 Å². The molecule has 0 spiro atoms. The molecule has 5 heteroatoms. The van der Waals surface area contributed by atoms with Crippen LogP contribution in [0.2, 0.25) is 0 Å². The third-order valence-corrected chi connectivity index (χ3v) is 3.05. The molecule has 0 atom stereocenters. The van der Waals surface area contributed by atoms with E-state index in [1.807, 2.05) is 18.7 Å². The van der Waals surface area contributed by atoms with E-state index in [1.54, 1.807) is 14.2 Å². The second-order valence-electron chi connectivity index (χ2n) is 4.56. The molecule has 5 nitrogen and oxygen atoms in total. The second kappa shape index (κ2) is 4.08. The monoisotopic (exact) mass is 217 g/mol. The van der Waals surface area contributed by atoms with Crippen LogP contribution in [0.1, 0.15) is 20.3 Å². The van der Waals surface area contributed by atoms with Gasteiger partial charge in [0, 0.05) is 19.8 Å². The van der Waals surface area contributed by atoms with Crippen molar-refractivity contribution in [3.63, 3.8) is 0 Å². The SMILES string of the molecule is COC1(OC)CN(C(C)(C)CC(=O)O)C1. The fraction of sp³-hybridized carbons (Fsp3) is 0.900. The number of methoxy groups -OCH3 is 2. The quantitative estimate of drug-likeness (QED) is 0.681. The van der Waals surface area contributed by atoms with Gasteiger partial charge in [0.05, 0.1) is 19.5 Å². The Balaban J connectivity index is 2.53. The minimum absolute atomic E-state index is 0.122. The summed E-state index contributed by atoms with van der Waals surface area (Å²) in [5, 5.41) is 8.77. The van der Waals surface area contributed by atoms with Crippen molar-refractivity contribution in [3.05, 3.63) is 0 Å². The Bertz CT molecular complexity index is 240. The fourth-order valence-corrected chi connectivity index (χ4v) is 1.79. The molecule has 0 unspecified atom stereocenters. The van der Waals surface area contributed by atoms with Gasteiger partial charge in [-0.2, -0.15) is 0 Å². The lowest BCUT2D eigenvalue weighted by molar-refractivity contribution is -0.290. The molecule has 0 saturated carbocycles. The van der Waals surface area contributed by atoms with Crippen LogP contribution in [0, 0.1) is 0 Å². The van der Waals surface area contributed by atoms with E-state index in [0.29, 0.717) is 13.1 Å². The van der Waals surface area contributed by atoms with Crippen molar-refractivity contribution in [1.82, 2.24) is 4.90 Å². The molecule has 0 aromatic heterocycles. The minimum Gasteiger partial charge on any atom is -0.481 e. The molecule has 1 rings (SSSR count). The number of likely N-dealkylation sites (tertiary alicyclic amines) is 1. The Hall–Kier alpha value is -0.650. The number of carboxylic acid groups (broad SMARTS) is 1. The van der Waals surface area contributed by atoms with Crippen molar-refractivity contribution in [3.8, 4) is 0 Å². The lowest BCUT2D eigenvalue weighted by Crippen LogP contribution is -2.69. The summed E-state index contributed by atoms with van der Waals surface area (Å²) in [6.45, 7) is 5.05. The molecule has 0 aromatic rings. The van der Waals surface area contributed by atoms with E-state index in [-0.39, 0.29) is 12.0 Å². The minimum atomic E-state index is -0.785. The Morgan fingerprint density at radius 3 is 2.20 bits per heavy atom. The predicted octanol–water partition coefficient (Wildman–Crippen LogP) is 0.544. The summed E-state index contributed by atoms with van der Waals surface area (Å²) in [5.41, 5.74) is -0.355. The molecule has 0 radical (unpaired) electrons. The van der Waals surface area contributed by atoms with E-state index in [4.69, 9.17) is 14.6 Å². The number of carboxylic acids is 1. The number of hydrogen-bond acceptors (Lipinski definition) is 4. The lowest BCUT2D eigenvalue weighted by Gasteiger charge is -2.54. The number of ether oxygens (including phenoxy) is 2. The molecule has 0 aromatic carbocycles. The first kappa shape index (κ1) is 12.4. The molecule has 15 heavy (non-hydrogen) atoms. The molecule has 1 aliphatic heterocycles. The molecule has 0 amide bonds. The van der Waals surface area contributed by atoms with Crippen molar-refractivity contribution in [2.45, 2.75) is 31.6 Å². The maximum Gasteiger partial charge on any atom is 0.305 e. The van der Waals surface area contributed by atoms with E-state index >= 15 is 0 Å². The van der Waals surface area contributed by atoms with Crippen molar-refractivity contribution >= 4 is 5.97 Å². The number of rotatable bonds is 5. The van der Waals surface area contributed by atoms with E-state index in [9.17, 15) is 4.79 Å². The summed E-state index contributed by atoms with van der Waals surface area (Å²) in [7, 11) is 3.20. The van der Waals surface area contributed by atoms with Crippen LogP contribution in [-0.4, -0.2) is 54.6 Å². The number of carbonyl (C=O) groups is 1. The summed E-state index contributed by atoms with van der Waals surface area (Å²) in [6.07, 6.45) is 0.122. The topological polar surface area (TPSA) is 59.0 Å². The Labute approximate surface area is 90.0 Å². The van der Waals surface area contributed by atoms with Crippen LogP contribution >= 0.6 is 0 Å². The molecule has 1 aliphatic rings. The first-order valence-electron chi connectivity index (χ1n) is 4.92. The molecule has 0 bridgehead atoms. The zero-order chi connectivity index (χ0) is 11.7. The standard InChI is InChI=1S/C10H19NO4/c1-9(2,5-8(12)13)11-6-10(7-11,14-3)15-4/h5-7H2,1-4H3,(H,12,13). The average molecular weight is 217 g/mol. The number of nitrogens with zero attached hydrogens (tertiary/aromatic N) is 1. The molecule has 0 aliphatic carbocycles. The van der Waals surface area contributed by atoms with E-state index in [2.05, 4.69) is 0 Å². The molecule has 1 heterocycles. The summed E-state index contributed by atoms with van der Waals surface area (Å²) in [5.74, 6) is -1.33. The van der Waals surface area contributed by atoms with Crippen LogP contribution in [0.5, 0.6) is 0 Å². The Morgan fingerprint density at radius 1 is 1.40 bits per heavy atom. The van der Waals surface area contributed by atoms with Crippen LogP contribution < -0.4 is 0 Å². The van der Waals surface area contributed by atoms with Gasteiger partial charge < -0.3 is 14.6 Å². The first-order chi connectivity index (χ1) is 6.85. The van der Waals surface area contributed by atoms with Crippen LogP contribution in [0.25, 0.3) is 0 Å². The highest BCUT2D eigenvalue weighted by molar-refractivity contribution is 5.68. The largest absolute Gasteiger partial charge is 0.481 e. The molecule has 1 fully saturated rings. The summed E-state index contributed by atoms with van der Waals surface area (Å²) in [6, 6.07) is 0. The first-order valence-corrected chi connectivity index (χ1v) is 4.92. The normalized spacial score (nSPS) is 21.1. The second-order valence-corrected chi connectivity index (χ2v) is 4.56. The van der Waals surface area contributed by atoms with Gasteiger partial charge in [-0.25, -0.2) is 0 Å². The van der Waals surface area contributed by atoms with E-state index in [1.165, 1.54) is 0 Å². The van der Waals surface area contributed by atoms with Gasteiger partial charge in [0.15, 0.2) is 5.79 Å². The van der Waals surface area contributed by atoms with Crippen LogP contribution in [0.3, 0.4) is 0 Å². The van der Waals surface area contributed by atoms with Crippen LogP contribution in [-0.2, 0) is 14.3 Å². The average Bonchev–Trinajstić information content (AvgIpc) is 2.01. The van der Waals surface area contributed by atoms with Crippen molar-refractivity contribution in [1.29, 1.82) is 0 Å². The van der Waals surface area contributed by atoms with Crippen LogP contribution in [0.4, 0.5) is 0 Å². The zero-order valence-corrected chi connectivity index (χ0v) is 9.74. The van der Waals surface area contributed by atoms with Gasteiger partial charge in [-0.1, -0.05) is 0 Å². The van der Waals surface area contributed by atoms with Gasteiger partial charge in [-0.15, -0.1) is 0 Å². The van der Waals surface area contributed by atoms with Gasteiger partial charge in [-0.05, 0) is 13.8 Å². The van der Waals surface area contributed by atoms with Crippen LogP contribution in [0.15, 0.2) is 0 Å².